The summed E-state index contributed by atoms with van der Waals surface area (Å²) < 4.78 is 4.71. The van der Waals surface area contributed by atoms with E-state index in [1.54, 1.807) is 0 Å². The summed E-state index contributed by atoms with van der Waals surface area (Å²) in [6.45, 7) is 1.55. The topological polar surface area (TPSA) is 128 Å². The Balaban J connectivity index is 3.06. The molecule has 0 aliphatic rings. The van der Waals surface area contributed by atoms with Crippen LogP contribution in [0, 0.1) is 10.1 Å². The van der Waals surface area contributed by atoms with Gasteiger partial charge in [-0.1, -0.05) is 0 Å². The van der Waals surface area contributed by atoms with Crippen LogP contribution in [0.4, 0.5) is 21.9 Å². The number of aliphatic hydroxyl groups excluding tert-OH is 1. The van der Waals surface area contributed by atoms with Crippen LogP contribution >= 0.6 is 11.6 Å². The fourth-order valence-corrected chi connectivity index (χ4v) is 1.77. The molecule has 9 heteroatoms. The van der Waals surface area contributed by atoms with E-state index in [0.29, 0.717) is 5.56 Å². The molecule has 8 nitrogen and oxygen atoms in total. The van der Waals surface area contributed by atoms with E-state index in [9.17, 15) is 20.0 Å². The molecule has 1 amide bonds. The van der Waals surface area contributed by atoms with Crippen LogP contribution in [0.3, 0.4) is 0 Å². The lowest BCUT2D eigenvalue weighted by Gasteiger charge is -2.12. The second kappa shape index (κ2) is 7.65. The Morgan fingerprint density at radius 3 is 2.81 bits per heavy atom. The van der Waals surface area contributed by atoms with Gasteiger partial charge in [0.25, 0.3) is 5.69 Å². The molecule has 116 valence electrons. The summed E-state index contributed by atoms with van der Waals surface area (Å²) in [5.74, 6) is 0.141. The molecule has 4 N–H and O–H groups in total. The van der Waals surface area contributed by atoms with E-state index in [1.807, 2.05) is 0 Å². The molecule has 0 fully saturated rings. The van der Waals surface area contributed by atoms with Gasteiger partial charge in [0.1, 0.15) is 12.3 Å². The second-order valence-electron chi connectivity index (χ2n) is 4.33. The van der Waals surface area contributed by atoms with E-state index < -0.39 is 17.1 Å². The van der Waals surface area contributed by atoms with Gasteiger partial charge in [-0.15, -0.1) is 11.6 Å². The molecule has 1 unspecified atom stereocenters. The van der Waals surface area contributed by atoms with Crippen LogP contribution in [0.15, 0.2) is 12.1 Å². The highest BCUT2D eigenvalue weighted by Gasteiger charge is 2.19. The van der Waals surface area contributed by atoms with Gasteiger partial charge in [-0.2, -0.15) is 0 Å². The van der Waals surface area contributed by atoms with Crippen LogP contribution < -0.4 is 11.1 Å². The third-order valence-electron chi connectivity index (χ3n) is 2.51. The third-order valence-corrected chi connectivity index (χ3v) is 2.67. The fourth-order valence-electron chi connectivity index (χ4n) is 1.69. The van der Waals surface area contributed by atoms with Gasteiger partial charge in [-0.05, 0) is 18.6 Å². The first-order chi connectivity index (χ1) is 9.85. The average molecular weight is 318 g/mol. The second-order valence-corrected chi connectivity index (χ2v) is 4.71. The van der Waals surface area contributed by atoms with Crippen LogP contribution in [0.2, 0.25) is 0 Å². The SMILES string of the molecule is CC(O)Cc1cc(NC(=O)OCCCl)cc([N+](=O)[O-])c1N. The van der Waals surface area contributed by atoms with Gasteiger partial charge in [-0.3, -0.25) is 15.4 Å². The van der Waals surface area contributed by atoms with Crippen LogP contribution in [0.25, 0.3) is 0 Å². The van der Waals surface area contributed by atoms with Gasteiger partial charge >= 0.3 is 6.09 Å². The lowest BCUT2D eigenvalue weighted by molar-refractivity contribution is -0.383. The molecular weight excluding hydrogens is 302 g/mol. The number of halogens is 1. The number of ether oxygens (including phenoxy) is 1. The molecule has 1 aromatic rings. The molecule has 0 aliphatic heterocycles. The van der Waals surface area contributed by atoms with Crippen molar-refractivity contribution in [1.29, 1.82) is 0 Å². The Bertz CT molecular complexity index is 536. The summed E-state index contributed by atoms with van der Waals surface area (Å²) in [6.07, 6.45) is -1.39. The molecule has 1 aromatic carbocycles. The van der Waals surface area contributed by atoms with Gasteiger partial charge in [0.2, 0.25) is 0 Å². The molecule has 21 heavy (non-hydrogen) atoms. The van der Waals surface area contributed by atoms with Crippen molar-refractivity contribution in [2.75, 3.05) is 23.5 Å². The van der Waals surface area contributed by atoms with Gasteiger partial charge in [0.05, 0.1) is 22.6 Å². The first kappa shape index (κ1) is 17.0. The predicted molar refractivity (Wildman–Crippen MR) is 78.6 cm³/mol. The largest absolute Gasteiger partial charge is 0.448 e. The van der Waals surface area contributed by atoms with Crippen molar-refractivity contribution < 1.29 is 19.6 Å². The highest BCUT2D eigenvalue weighted by molar-refractivity contribution is 6.18. The van der Waals surface area contributed by atoms with Crippen LogP contribution in [0.1, 0.15) is 12.5 Å². The lowest BCUT2D eigenvalue weighted by Crippen LogP contribution is -2.16. The minimum atomic E-state index is -0.780. The van der Waals surface area contributed by atoms with Crippen molar-refractivity contribution in [1.82, 2.24) is 0 Å². The standard InChI is InChI=1S/C12H16ClN3O5/c1-7(17)4-8-5-9(15-12(18)21-3-2-13)6-10(11(8)14)16(19)20/h5-7,17H,2-4,14H2,1H3,(H,15,18). The summed E-state index contributed by atoms with van der Waals surface area (Å²) >= 11 is 5.38. The maximum Gasteiger partial charge on any atom is 0.411 e. The highest BCUT2D eigenvalue weighted by Crippen LogP contribution is 2.30. The summed E-state index contributed by atoms with van der Waals surface area (Å²) in [4.78, 5) is 21.7. The lowest BCUT2D eigenvalue weighted by atomic mass is 10.0. The number of rotatable bonds is 6. The van der Waals surface area contributed by atoms with Crippen LogP contribution in [-0.4, -0.2) is 34.7 Å². The number of alkyl halides is 1. The number of amides is 1. The fraction of sp³-hybridized carbons (Fsp3) is 0.417. The summed E-state index contributed by atoms with van der Waals surface area (Å²) in [6, 6.07) is 2.58. The maximum atomic E-state index is 11.4. The van der Waals surface area contributed by atoms with Crippen molar-refractivity contribution in [3.05, 3.63) is 27.8 Å². The van der Waals surface area contributed by atoms with Gasteiger partial charge in [-0.25, -0.2) is 4.79 Å². The molecule has 0 spiro atoms. The number of hydrogen-bond donors (Lipinski definition) is 3. The molecule has 0 heterocycles. The number of aliphatic hydroxyl groups is 1. The maximum absolute atomic E-state index is 11.4. The molecule has 0 aliphatic carbocycles. The number of nitro benzene ring substituents is 1. The molecule has 1 rings (SSSR count). The van der Waals surface area contributed by atoms with E-state index >= 15 is 0 Å². The van der Waals surface area contributed by atoms with Crippen molar-refractivity contribution >= 4 is 34.8 Å². The molecule has 0 radical (unpaired) electrons. The third kappa shape index (κ3) is 5.09. The highest BCUT2D eigenvalue weighted by atomic mass is 35.5. The van der Waals surface area contributed by atoms with Crippen molar-refractivity contribution in [2.24, 2.45) is 0 Å². The van der Waals surface area contributed by atoms with Crippen molar-refractivity contribution in [2.45, 2.75) is 19.4 Å². The van der Waals surface area contributed by atoms with Crippen LogP contribution in [0.5, 0.6) is 0 Å². The zero-order chi connectivity index (χ0) is 16.0. The Morgan fingerprint density at radius 1 is 1.62 bits per heavy atom. The quantitative estimate of drug-likeness (QED) is 0.318. The molecule has 1 atom stereocenters. The average Bonchev–Trinajstić information content (AvgIpc) is 2.39. The number of carbonyl (C=O) groups excluding carboxylic acids is 1. The van der Waals surface area contributed by atoms with E-state index in [1.165, 1.54) is 13.0 Å². The zero-order valence-corrected chi connectivity index (χ0v) is 12.1. The van der Waals surface area contributed by atoms with Gasteiger partial charge in [0.15, 0.2) is 0 Å². The minimum Gasteiger partial charge on any atom is -0.448 e. The van der Waals surface area contributed by atoms with Gasteiger partial charge < -0.3 is 15.6 Å². The Labute approximate surface area is 126 Å². The summed E-state index contributed by atoms with van der Waals surface area (Å²) in [7, 11) is 0. The van der Waals surface area contributed by atoms with Crippen molar-refractivity contribution in [3.8, 4) is 0 Å². The van der Waals surface area contributed by atoms with Crippen LogP contribution in [-0.2, 0) is 11.2 Å². The molecular formula is C12H16ClN3O5. The molecule has 0 saturated heterocycles. The number of carbonyl (C=O) groups is 1. The number of nitrogens with one attached hydrogen (secondary N) is 1. The van der Waals surface area contributed by atoms with E-state index in [-0.39, 0.29) is 36.0 Å². The molecule has 0 saturated carbocycles. The normalized spacial score (nSPS) is 11.8. The minimum absolute atomic E-state index is 0.0188. The van der Waals surface area contributed by atoms with E-state index in [0.717, 1.165) is 6.07 Å². The molecule has 0 aromatic heterocycles. The smallest absolute Gasteiger partial charge is 0.411 e. The number of benzene rings is 1. The number of nitrogens with zero attached hydrogens (tertiary/aromatic N) is 1. The Kier molecular flexibility index (Phi) is 6.19. The number of hydrogen-bond acceptors (Lipinski definition) is 6. The predicted octanol–water partition coefficient (Wildman–Crippen LogP) is 1.89. The number of anilines is 2. The Hall–Kier alpha value is -2.06. The summed E-state index contributed by atoms with van der Waals surface area (Å²) in [5, 5.41) is 22.7. The Morgan fingerprint density at radius 2 is 2.29 bits per heavy atom. The number of nitrogen functional groups attached to an aromatic ring is 1. The zero-order valence-electron chi connectivity index (χ0n) is 11.3. The van der Waals surface area contributed by atoms with Gasteiger partial charge in [0, 0.05) is 12.5 Å². The van der Waals surface area contributed by atoms with E-state index in [2.05, 4.69) is 5.32 Å². The van der Waals surface area contributed by atoms with Crippen molar-refractivity contribution in [3.63, 3.8) is 0 Å². The molecule has 0 bridgehead atoms. The number of nitrogens with two attached hydrogens (primary N) is 1. The first-order valence-electron chi connectivity index (χ1n) is 6.09. The summed E-state index contributed by atoms with van der Waals surface area (Å²) in [5.41, 5.74) is 5.84. The monoisotopic (exact) mass is 317 g/mol. The first-order valence-corrected chi connectivity index (χ1v) is 6.63. The number of nitro groups is 1. The van der Waals surface area contributed by atoms with E-state index in [4.69, 9.17) is 22.1 Å².